The molecule has 0 aromatic heterocycles. The molecule has 0 bridgehead atoms. The number of urea groups is 1. The van der Waals surface area contributed by atoms with Crippen LogP contribution >= 0.6 is 11.6 Å². The van der Waals surface area contributed by atoms with E-state index in [1.54, 1.807) is 24.3 Å². The van der Waals surface area contributed by atoms with E-state index in [9.17, 15) is 9.59 Å². The van der Waals surface area contributed by atoms with Crippen LogP contribution in [0.5, 0.6) is 0 Å². The Labute approximate surface area is 158 Å². The molecule has 1 atom stereocenters. The average molecular weight is 372 g/mol. The second kappa shape index (κ2) is 8.72. The number of rotatable bonds is 4. The smallest absolute Gasteiger partial charge is 0.321 e. The zero-order chi connectivity index (χ0) is 18.4. The summed E-state index contributed by atoms with van der Waals surface area (Å²) in [6.45, 7) is 1.88. The van der Waals surface area contributed by atoms with Crippen LogP contribution < -0.4 is 10.6 Å². The van der Waals surface area contributed by atoms with Crippen molar-refractivity contribution in [2.24, 2.45) is 5.92 Å². The summed E-state index contributed by atoms with van der Waals surface area (Å²) < 4.78 is 0. The third-order valence-corrected chi connectivity index (χ3v) is 4.83. The van der Waals surface area contributed by atoms with Gasteiger partial charge < -0.3 is 15.5 Å². The maximum atomic E-state index is 12.4. The zero-order valence-electron chi connectivity index (χ0n) is 14.5. The van der Waals surface area contributed by atoms with E-state index in [2.05, 4.69) is 10.6 Å². The number of para-hydroxylation sites is 1. The van der Waals surface area contributed by atoms with Gasteiger partial charge in [0.1, 0.15) is 0 Å². The summed E-state index contributed by atoms with van der Waals surface area (Å²) in [5.74, 6) is 0.0539. The van der Waals surface area contributed by atoms with Gasteiger partial charge in [0.05, 0.1) is 10.6 Å². The highest BCUT2D eigenvalue weighted by Crippen LogP contribution is 2.18. The van der Waals surface area contributed by atoms with Gasteiger partial charge in [0.15, 0.2) is 0 Å². The number of hydrogen-bond acceptors (Lipinski definition) is 2. The summed E-state index contributed by atoms with van der Waals surface area (Å²) in [6, 6.07) is 16.3. The van der Waals surface area contributed by atoms with Crippen LogP contribution in [0.25, 0.3) is 0 Å². The minimum atomic E-state index is -0.179. The molecule has 26 heavy (non-hydrogen) atoms. The van der Waals surface area contributed by atoms with Crippen LogP contribution in [0, 0.1) is 5.92 Å². The molecule has 0 radical (unpaired) electrons. The number of hydrogen-bond donors (Lipinski definition) is 2. The van der Waals surface area contributed by atoms with E-state index in [4.69, 9.17) is 11.6 Å². The zero-order valence-corrected chi connectivity index (χ0v) is 15.2. The lowest BCUT2D eigenvalue weighted by molar-refractivity contribution is 0.0938. The summed E-state index contributed by atoms with van der Waals surface area (Å²) >= 11 is 6.06. The Morgan fingerprint density at radius 1 is 1.08 bits per heavy atom. The van der Waals surface area contributed by atoms with Crippen molar-refractivity contribution in [3.8, 4) is 0 Å². The first-order valence-corrected chi connectivity index (χ1v) is 9.15. The number of piperidine rings is 1. The third kappa shape index (κ3) is 4.76. The fraction of sp³-hybridized carbons (Fsp3) is 0.300. The van der Waals surface area contributed by atoms with Gasteiger partial charge in [-0.1, -0.05) is 41.9 Å². The number of halogens is 1. The Kier molecular flexibility index (Phi) is 6.12. The van der Waals surface area contributed by atoms with E-state index in [1.165, 1.54) is 0 Å². The molecule has 1 aliphatic heterocycles. The molecule has 5 nitrogen and oxygen atoms in total. The van der Waals surface area contributed by atoms with E-state index in [1.807, 2.05) is 35.2 Å². The first kappa shape index (κ1) is 18.3. The van der Waals surface area contributed by atoms with Crippen molar-refractivity contribution in [2.45, 2.75) is 12.8 Å². The maximum Gasteiger partial charge on any atom is 0.321 e. The fourth-order valence-corrected chi connectivity index (χ4v) is 3.34. The first-order chi connectivity index (χ1) is 12.6. The third-order valence-electron chi connectivity index (χ3n) is 4.50. The van der Waals surface area contributed by atoms with Gasteiger partial charge in [0.25, 0.3) is 5.91 Å². The molecule has 2 aromatic carbocycles. The standard InChI is InChI=1S/C20H22ClN3O2/c21-18-11-5-4-10-17(18)19(25)22-13-15-7-6-12-24(14-15)20(26)23-16-8-2-1-3-9-16/h1-5,8-11,15H,6-7,12-14H2,(H,22,25)(H,23,26). The summed E-state index contributed by atoms with van der Waals surface area (Å²) in [5, 5.41) is 6.29. The molecule has 3 rings (SSSR count). The number of carbonyl (C=O) groups excluding carboxylic acids is 2. The van der Waals surface area contributed by atoms with Gasteiger partial charge >= 0.3 is 6.03 Å². The number of carbonyl (C=O) groups is 2. The number of anilines is 1. The lowest BCUT2D eigenvalue weighted by Crippen LogP contribution is -2.45. The molecular formula is C20H22ClN3O2. The predicted octanol–water partition coefficient (Wildman–Crippen LogP) is 4.01. The number of likely N-dealkylation sites (tertiary alicyclic amines) is 1. The molecule has 1 unspecified atom stereocenters. The number of amides is 3. The molecule has 0 saturated carbocycles. The summed E-state index contributed by atoms with van der Waals surface area (Å²) in [7, 11) is 0. The van der Waals surface area contributed by atoms with E-state index in [0.717, 1.165) is 25.1 Å². The van der Waals surface area contributed by atoms with Crippen molar-refractivity contribution < 1.29 is 9.59 Å². The van der Waals surface area contributed by atoms with Crippen molar-refractivity contribution in [2.75, 3.05) is 25.0 Å². The van der Waals surface area contributed by atoms with Crippen molar-refractivity contribution in [3.63, 3.8) is 0 Å². The number of nitrogens with zero attached hydrogens (tertiary/aromatic N) is 1. The Morgan fingerprint density at radius 3 is 2.58 bits per heavy atom. The molecule has 2 aromatic rings. The molecule has 3 amide bonds. The van der Waals surface area contributed by atoms with Crippen LogP contribution in [-0.2, 0) is 0 Å². The highest BCUT2D eigenvalue weighted by molar-refractivity contribution is 6.33. The lowest BCUT2D eigenvalue weighted by atomic mass is 9.98. The SMILES string of the molecule is O=C(NCC1CCCN(C(=O)Nc2ccccc2)C1)c1ccccc1Cl. The molecule has 1 heterocycles. The quantitative estimate of drug-likeness (QED) is 0.852. The normalized spacial score (nSPS) is 16.8. The molecule has 136 valence electrons. The van der Waals surface area contributed by atoms with Gasteiger partial charge in [-0.05, 0) is 43.0 Å². The molecule has 1 fully saturated rings. The van der Waals surface area contributed by atoms with Crippen molar-refractivity contribution in [1.29, 1.82) is 0 Å². The van der Waals surface area contributed by atoms with Crippen LogP contribution in [0.3, 0.4) is 0 Å². The van der Waals surface area contributed by atoms with Crippen molar-refractivity contribution in [3.05, 3.63) is 65.2 Å². The molecule has 2 N–H and O–H groups in total. The van der Waals surface area contributed by atoms with Crippen LogP contribution in [0.2, 0.25) is 5.02 Å². The van der Waals surface area contributed by atoms with Gasteiger partial charge in [-0.2, -0.15) is 0 Å². The fourth-order valence-electron chi connectivity index (χ4n) is 3.12. The molecule has 6 heteroatoms. The minimum Gasteiger partial charge on any atom is -0.352 e. The largest absolute Gasteiger partial charge is 0.352 e. The molecule has 0 aliphatic carbocycles. The van der Waals surface area contributed by atoms with Crippen LogP contribution in [0.15, 0.2) is 54.6 Å². The van der Waals surface area contributed by atoms with Crippen LogP contribution in [0.1, 0.15) is 23.2 Å². The molecule has 1 saturated heterocycles. The Bertz CT molecular complexity index is 767. The van der Waals surface area contributed by atoms with E-state index >= 15 is 0 Å². The van der Waals surface area contributed by atoms with Crippen molar-refractivity contribution >= 4 is 29.2 Å². The minimum absolute atomic E-state index is 0.0988. The topological polar surface area (TPSA) is 61.4 Å². The number of benzene rings is 2. The van der Waals surface area contributed by atoms with Gasteiger partial charge in [0.2, 0.25) is 0 Å². The highest BCUT2D eigenvalue weighted by atomic mass is 35.5. The average Bonchev–Trinajstić information content (AvgIpc) is 2.67. The second-order valence-corrected chi connectivity index (χ2v) is 6.85. The summed E-state index contributed by atoms with van der Waals surface area (Å²) in [6.07, 6.45) is 1.91. The van der Waals surface area contributed by atoms with Crippen LogP contribution in [0.4, 0.5) is 10.5 Å². The first-order valence-electron chi connectivity index (χ1n) is 8.77. The molecule has 0 spiro atoms. The van der Waals surface area contributed by atoms with Gasteiger partial charge in [0, 0.05) is 25.3 Å². The summed E-state index contributed by atoms with van der Waals surface area (Å²) in [5.41, 5.74) is 1.26. The van der Waals surface area contributed by atoms with E-state index < -0.39 is 0 Å². The predicted molar refractivity (Wildman–Crippen MR) is 104 cm³/mol. The second-order valence-electron chi connectivity index (χ2n) is 6.44. The maximum absolute atomic E-state index is 12.4. The van der Waals surface area contributed by atoms with Crippen molar-refractivity contribution in [1.82, 2.24) is 10.2 Å². The van der Waals surface area contributed by atoms with E-state index in [-0.39, 0.29) is 17.9 Å². The summed E-state index contributed by atoms with van der Waals surface area (Å²) in [4.78, 5) is 26.5. The Hall–Kier alpha value is -2.53. The lowest BCUT2D eigenvalue weighted by Gasteiger charge is -2.32. The molecular weight excluding hydrogens is 350 g/mol. The van der Waals surface area contributed by atoms with E-state index in [0.29, 0.717) is 23.7 Å². The monoisotopic (exact) mass is 371 g/mol. The highest BCUT2D eigenvalue weighted by Gasteiger charge is 2.24. The Morgan fingerprint density at radius 2 is 1.81 bits per heavy atom. The van der Waals surface area contributed by atoms with Gasteiger partial charge in [-0.15, -0.1) is 0 Å². The Balaban J connectivity index is 1.51. The number of nitrogens with one attached hydrogen (secondary N) is 2. The van der Waals surface area contributed by atoms with Gasteiger partial charge in [-0.25, -0.2) is 4.79 Å². The van der Waals surface area contributed by atoms with Crippen LogP contribution in [-0.4, -0.2) is 36.5 Å². The molecule has 1 aliphatic rings. The van der Waals surface area contributed by atoms with Gasteiger partial charge in [-0.3, -0.25) is 4.79 Å².